The van der Waals surface area contributed by atoms with Gasteiger partial charge >= 0.3 is 0 Å². The monoisotopic (exact) mass is 233 g/mol. The number of hydrogen-bond acceptors (Lipinski definition) is 2. The zero-order valence-electron chi connectivity index (χ0n) is 7.51. The molecule has 0 bridgehead atoms. The van der Waals surface area contributed by atoms with Gasteiger partial charge in [-0.25, -0.2) is 0 Å². The zero-order chi connectivity index (χ0) is 10.6. The van der Waals surface area contributed by atoms with Crippen LogP contribution in [0.25, 0.3) is 0 Å². The number of amides is 1. The number of rotatable bonds is 3. The first-order valence-corrected chi connectivity index (χ1v) is 4.78. The summed E-state index contributed by atoms with van der Waals surface area (Å²) in [4.78, 5) is 10.9. The van der Waals surface area contributed by atoms with Crippen molar-refractivity contribution < 1.29 is 9.53 Å². The molecule has 0 fully saturated rings. The Bertz CT molecular complexity index is 342. The molecule has 1 aromatic rings. The highest BCUT2D eigenvalue weighted by Gasteiger charge is 2.03. The number of carbonyl (C=O) groups excluding carboxylic acids is 1. The summed E-state index contributed by atoms with van der Waals surface area (Å²) in [5, 5.41) is 3.02. The lowest BCUT2D eigenvalue weighted by Gasteiger charge is -2.06. The molecule has 1 rings (SSSR count). The maximum atomic E-state index is 10.9. The summed E-state index contributed by atoms with van der Waals surface area (Å²) in [7, 11) is 1.53. The number of alkyl halides is 1. The number of halogens is 2. The lowest BCUT2D eigenvalue weighted by molar-refractivity contribution is -0.113. The van der Waals surface area contributed by atoms with E-state index in [9.17, 15) is 4.79 Å². The molecule has 0 saturated carbocycles. The van der Waals surface area contributed by atoms with Gasteiger partial charge in [-0.2, -0.15) is 0 Å². The molecular formula is C9H9Cl2NO2. The minimum absolute atomic E-state index is 0.0797. The lowest BCUT2D eigenvalue weighted by atomic mass is 10.3. The van der Waals surface area contributed by atoms with Gasteiger partial charge in [0, 0.05) is 5.69 Å². The maximum Gasteiger partial charge on any atom is 0.239 e. The van der Waals surface area contributed by atoms with E-state index in [2.05, 4.69) is 5.32 Å². The molecule has 5 heteroatoms. The zero-order valence-corrected chi connectivity index (χ0v) is 9.02. The van der Waals surface area contributed by atoms with Gasteiger partial charge in [-0.15, -0.1) is 11.6 Å². The van der Waals surface area contributed by atoms with Crippen LogP contribution in [0.5, 0.6) is 5.75 Å². The minimum atomic E-state index is -0.270. The molecule has 0 aliphatic carbocycles. The second-order valence-corrected chi connectivity index (χ2v) is 3.21. The fourth-order valence-electron chi connectivity index (χ4n) is 0.939. The Balaban J connectivity index is 2.81. The van der Waals surface area contributed by atoms with Gasteiger partial charge in [0.05, 0.1) is 12.1 Å². The molecule has 0 unspecified atom stereocenters. The van der Waals surface area contributed by atoms with Crippen molar-refractivity contribution >= 4 is 34.8 Å². The number of hydrogen-bond donors (Lipinski definition) is 1. The van der Waals surface area contributed by atoms with E-state index in [4.69, 9.17) is 27.9 Å². The van der Waals surface area contributed by atoms with Gasteiger partial charge < -0.3 is 10.1 Å². The Labute approximate surface area is 92.0 Å². The Kier molecular flexibility index (Phi) is 4.04. The van der Waals surface area contributed by atoms with Crippen LogP contribution in [0.4, 0.5) is 5.69 Å². The molecule has 1 N–H and O–H groups in total. The summed E-state index contributed by atoms with van der Waals surface area (Å²) in [5.41, 5.74) is 0.599. The number of benzene rings is 1. The first kappa shape index (κ1) is 11.1. The summed E-state index contributed by atoms with van der Waals surface area (Å²) >= 11 is 11.2. The fraction of sp³-hybridized carbons (Fsp3) is 0.222. The number of carbonyl (C=O) groups is 1. The van der Waals surface area contributed by atoms with Crippen molar-refractivity contribution in [1.82, 2.24) is 0 Å². The first-order valence-electron chi connectivity index (χ1n) is 3.86. The Morgan fingerprint density at radius 1 is 1.57 bits per heavy atom. The Morgan fingerprint density at radius 3 is 2.79 bits per heavy atom. The molecule has 3 nitrogen and oxygen atoms in total. The molecule has 0 heterocycles. The van der Waals surface area contributed by atoms with E-state index in [0.717, 1.165) is 0 Å². The van der Waals surface area contributed by atoms with Crippen molar-refractivity contribution in [2.75, 3.05) is 18.3 Å². The normalized spacial score (nSPS) is 9.64. The molecule has 0 aromatic heterocycles. The van der Waals surface area contributed by atoms with E-state index in [1.54, 1.807) is 18.2 Å². The van der Waals surface area contributed by atoms with E-state index in [1.165, 1.54) is 7.11 Å². The van der Waals surface area contributed by atoms with Crippen LogP contribution in [0.15, 0.2) is 18.2 Å². The van der Waals surface area contributed by atoms with Crippen LogP contribution in [0.2, 0.25) is 5.02 Å². The van der Waals surface area contributed by atoms with Crippen molar-refractivity contribution in [3.8, 4) is 5.75 Å². The highest BCUT2D eigenvalue weighted by atomic mass is 35.5. The van der Waals surface area contributed by atoms with Gasteiger partial charge in [-0.05, 0) is 18.2 Å². The molecule has 1 aromatic carbocycles. The SMILES string of the molecule is COc1ccc(NC(=O)CCl)cc1Cl. The smallest absolute Gasteiger partial charge is 0.239 e. The molecule has 1 amide bonds. The largest absolute Gasteiger partial charge is 0.495 e. The summed E-state index contributed by atoms with van der Waals surface area (Å²) < 4.78 is 4.96. The van der Waals surface area contributed by atoms with E-state index in [1.807, 2.05) is 0 Å². The van der Waals surface area contributed by atoms with Crippen LogP contribution < -0.4 is 10.1 Å². The van der Waals surface area contributed by atoms with Gasteiger partial charge in [0.2, 0.25) is 5.91 Å². The van der Waals surface area contributed by atoms with Gasteiger partial charge in [0.15, 0.2) is 0 Å². The van der Waals surface area contributed by atoms with Crippen molar-refractivity contribution in [3.05, 3.63) is 23.2 Å². The molecule has 0 radical (unpaired) electrons. The third-order valence-corrected chi connectivity index (χ3v) is 2.10. The van der Waals surface area contributed by atoms with Crippen molar-refractivity contribution in [1.29, 1.82) is 0 Å². The third kappa shape index (κ3) is 2.79. The van der Waals surface area contributed by atoms with Gasteiger partial charge in [0.1, 0.15) is 11.6 Å². The van der Waals surface area contributed by atoms with Gasteiger partial charge in [0.25, 0.3) is 0 Å². The standard InChI is InChI=1S/C9H9Cl2NO2/c1-14-8-3-2-6(4-7(8)11)12-9(13)5-10/h2-4H,5H2,1H3,(H,12,13). The molecule has 0 saturated heterocycles. The highest BCUT2D eigenvalue weighted by Crippen LogP contribution is 2.27. The fourth-order valence-corrected chi connectivity index (χ4v) is 1.26. The Hall–Kier alpha value is -0.930. The maximum absolute atomic E-state index is 10.9. The predicted molar refractivity (Wildman–Crippen MR) is 57.4 cm³/mol. The summed E-state index contributed by atoms with van der Waals surface area (Å²) in [5.74, 6) is 0.215. The number of methoxy groups -OCH3 is 1. The summed E-state index contributed by atoms with van der Waals surface area (Å²) in [6, 6.07) is 4.96. The second-order valence-electron chi connectivity index (χ2n) is 2.53. The van der Waals surface area contributed by atoms with Crippen LogP contribution in [-0.2, 0) is 4.79 Å². The lowest BCUT2D eigenvalue weighted by Crippen LogP contribution is -2.12. The molecular weight excluding hydrogens is 225 g/mol. The summed E-state index contributed by atoms with van der Waals surface area (Å²) in [6.45, 7) is 0. The van der Waals surface area contributed by atoms with E-state index in [-0.39, 0.29) is 11.8 Å². The molecule has 0 atom stereocenters. The number of ether oxygens (including phenoxy) is 1. The first-order chi connectivity index (χ1) is 6.67. The van der Waals surface area contributed by atoms with E-state index < -0.39 is 0 Å². The third-order valence-electron chi connectivity index (χ3n) is 1.56. The van der Waals surface area contributed by atoms with Crippen LogP contribution in [0.1, 0.15) is 0 Å². The van der Waals surface area contributed by atoms with Crippen molar-refractivity contribution in [3.63, 3.8) is 0 Å². The number of nitrogens with one attached hydrogen (secondary N) is 1. The van der Waals surface area contributed by atoms with Crippen LogP contribution >= 0.6 is 23.2 Å². The topological polar surface area (TPSA) is 38.3 Å². The van der Waals surface area contributed by atoms with E-state index >= 15 is 0 Å². The van der Waals surface area contributed by atoms with E-state index in [0.29, 0.717) is 16.5 Å². The molecule has 14 heavy (non-hydrogen) atoms. The van der Waals surface area contributed by atoms with Gasteiger partial charge in [-0.3, -0.25) is 4.79 Å². The quantitative estimate of drug-likeness (QED) is 0.816. The molecule has 0 aliphatic rings. The second kappa shape index (κ2) is 5.08. The molecule has 0 spiro atoms. The Morgan fingerprint density at radius 2 is 2.29 bits per heavy atom. The molecule has 0 aliphatic heterocycles. The van der Waals surface area contributed by atoms with Crippen molar-refractivity contribution in [2.24, 2.45) is 0 Å². The summed E-state index contributed by atoms with van der Waals surface area (Å²) in [6.07, 6.45) is 0. The van der Waals surface area contributed by atoms with Gasteiger partial charge in [-0.1, -0.05) is 11.6 Å². The average Bonchev–Trinajstić information content (AvgIpc) is 2.18. The number of anilines is 1. The van der Waals surface area contributed by atoms with Crippen LogP contribution in [0.3, 0.4) is 0 Å². The minimum Gasteiger partial charge on any atom is -0.495 e. The van der Waals surface area contributed by atoms with Crippen molar-refractivity contribution in [2.45, 2.75) is 0 Å². The predicted octanol–water partition coefficient (Wildman–Crippen LogP) is 2.53. The molecule has 76 valence electrons. The average molecular weight is 234 g/mol. The van der Waals surface area contributed by atoms with Crippen LogP contribution in [0, 0.1) is 0 Å². The van der Waals surface area contributed by atoms with Crippen LogP contribution in [-0.4, -0.2) is 18.9 Å². The highest BCUT2D eigenvalue weighted by molar-refractivity contribution is 6.32.